The van der Waals surface area contributed by atoms with Crippen LogP contribution in [0.3, 0.4) is 0 Å². The van der Waals surface area contributed by atoms with Crippen LogP contribution in [-0.2, 0) is 6.54 Å². The summed E-state index contributed by atoms with van der Waals surface area (Å²) in [4.78, 5) is 4.14. The van der Waals surface area contributed by atoms with Gasteiger partial charge >= 0.3 is 0 Å². The van der Waals surface area contributed by atoms with Crippen LogP contribution < -0.4 is 0 Å². The van der Waals surface area contributed by atoms with Crippen LogP contribution in [0.15, 0.2) is 143 Å². The zero-order chi connectivity index (χ0) is 27.3. The van der Waals surface area contributed by atoms with Gasteiger partial charge < -0.3 is 8.98 Å². The van der Waals surface area contributed by atoms with E-state index in [9.17, 15) is 0 Å². The summed E-state index contributed by atoms with van der Waals surface area (Å²) in [5.74, 6) is 0. The average Bonchev–Trinajstić information content (AvgIpc) is 3.57. The van der Waals surface area contributed by atoms with E-state index in [0.29, 0.717) is 6.54 Å². The Hall–Kier alpha value is -5.41. The van der Waals surface area contributed by atoms with Crippen molar-refractivity contribution in [2.45, 2.75) is 6.54 Å². The van der Waals surface area contributed by atoms with Crippen LogP contribution >= 0.6 is 0 Å². The van der Waals surface area contributed by atoms with Gasteiger partial charge in [0.1, 0.15) is 11.2 Å². The van der Waals surface area contributed by atoms with Crippen molar-refractivity contribution in [3.63, 3.8) is 0 Å². The molecular weight excluding hydrogens is 500 g/mol. The van der Waals surface area contributed by atoms with Crippen molar-refractivity contribution in [3.8, 4) is 27.9 Å². The summed E-state index contributed by atoms with van der Waals surface area (Å²) in [6.07, 6.45) is 0. The Morgan fingerprint density at radius 2 is 1.32 bits per heavy atom. The number of furan rings is 1. The van der Waals surface area contributed by atoms with Gasteiger partial charge in [0.05, 0.1) is 23.3 Å². The maximum absolute atomic E-state index is 6.39. The van der Waals surface area contributed by atoms with Gasteiger partial charge in [-0.15, -0.1) is 0 Å². The van der Waals surface area contributed by atoms with Crippen molar-refractivity contribution in [2.75, 3.05) is 0 Å². The maximum Gasteiger partial charge on any atom is 0.143 e. The second-order valence-electron chi connectivity index (χ2n) is 10.5. The van der Waals surface area contributed by atoms with Gasteiger partial charge in [0, 0.05) is 32.7 Å². The summed E-state index contributed by atoms with van der Waals surface area (Å²) in [6, 6.07) is 47.3. The van der Waals surface area contributed by atoms with E-state index >= 15 is 0 Å². The molecule has 0 aliphatic heterocycles. The van der Waals surface area contributed by atoms with Gasteiger partial charge in [-0.1, -0.05) is 97.1 Å². The Bertz CT molecular complexity index is 2250. The summed E-state index contributed by atoms with van der Waals surface area (Å²) >= 11 is 0. The predicted molar refractivity (Wildman–Crippen MR) is 172 cm³/mol. The van der Waals surface area contributed by atoms with Crippen LogP contribution in [0.2, 0.25) is 0 Å². The molecule has 2 heterocycles. The van der Waals surface area contributed by atoms with E-state index in [-0.39, 0.29) is 0 Å². The zero-order valence-electron chi connectivity index (χ0n) is 22.4. The molecule has 8 rings (SSSR count). The number of aromatic nitrogens is 1. The Kier molecular flexibility index (Phi) is 5.36. The van der Waals surface area contributed by atoms with E-state index in [1.807, 2.05) is 12.1 Å². The lowest BCUT2D eigenvalue weighted by Gasteiger charge is -2.15. The molecule has 6 aromatic carbocycles. The maximum atomic E-state index is 6.39. The molecule has 0 bridgehead atoms. The fourth-order valence-electron chi connectivity index (χ4n) is 6.23. The monoisotopic (exact) mass is 526 g/mol. The zero-order valence-corrected chi connectivity index (χ0v) is 22.4. The first-order valence-electron chi connectivity index (χ1n) is 13.9. The molecule has 194 valence electrons. The first-order valence-corrected chi connectivity index (χ1v) is 13.9. The molecule has 3 heteroatoms. The van der Waals surface area contributed by atoms with Gasteiger partial charge in [-0.05, 0) is 59.8 Å². The highest BCUT2D eigenvalue weighted by Gasteiger charge is 2.18. The molecule has 0 aliphatic carbocycles. The molecule has 0 N–H and O–H groups in total. The molecule has 3 nitrogen and oxygen atoms in total. The number of hydrogen-bond acceptors (Lipinski definition) is 2. The Balaban J connectivity index is 1.39. The van der Waals surface area contributed by atoms with Crippen LogP contribution in [0.1, 0.15) is 5.56 Å². The second-order valence-corrected chi connectivity index (χ2v) is 10.5. The fourth-order valence-corrected chi connectivity index (χ4v) is 6.23. The number of rotatable bonds is 5. The number of fused-ring (bicyclic) bond motifs is 6. The quantitative estimate of drug-likeness (QED) is 0.205. The molecule has 8 aromatic rings. The smallest absolute Gasteiger partial charge is 0.143 e. The fraction of sp³-hybridized carbons (Fsp3) is 0.0263. The van der Waals surface area contributed by atoms with Crippen LogP contribution in [0.5, 0.6) is 0 Å². The minimum absolute atomic E-state index is 0.587. The summed E-state index contributed by atoms with van der Waals surface area (Å²) in [6.45, 7) is 4.30. The molecule has 0 saturated carbocycles. The van der Waals surface area contributed by atoms with Gasteiger partial charge in [-0.2, -0.15) is 0 Å². The molecule has 0 spiro atoms. The molecule has 0 fully saturated rings. The van der Waals surface area contributed by atoms with Crippen molar-refractivity contribution in [1.82, 2.24) is 4.57 Å². The van der Waals surface area contributed by atoms with E-state index in [0.717, 1.165) is 44.3 Å². The van der Waals surface area contributed by atoms with Crippen LogP contribution in [0.25, 0.3) is 71.7 Å². The molecule has 0 aliphatic rings. The minimum atomic E-state index is 0.587. The van der Waals surface area contributed by atoms with Crippen molar-refractivity contribution in [2.24, 2.45) is 4.99 Å². The predicted octanol–water partition coefficient (Wildman–Crippen LogP) is 10.2. The van der Waals surface area contributed by atoms with Gasteiger partial charge in [0.2, 0.25) is 0 Å². The SMILES string of the molecule is C=NCc1ccc(-n2c3ccccc3c3cc(-c4cccc5c4oc4ccccc45)ccc32)c(-c2ccccc2)c1. The highest BCUT2D eigenvalue weighted by molar-refractivity contribution is 6.13. The summed E-state index contributed by atoms with van der Waals surface area (Å²) < 4.78 is 8.78. The van der Waals surface area contributed by atoms with Gasteiger partial charge in [0.25, 0.3) is 0 Å². The van der Waals surface area contributed by atoms with E-state index in [1.165, 1.54) is 32.9 Å². The number of benzene rings is 6. The Morgan fingerprint density at radius 1 is 0.561 bits per heavy atom. The summed E-state index contributed by atoms with van der Waals surface area (Å²) in [7, 11) is 0. The van der Waals surface area contributed by atoms with Crippen LogP contribution in [-0.4, -0.2) is 11.3 Å². The number of nitrogens with zero attached hydrogens (tertiary/aromatic N) is 2. The van der Waals surface area contributed by atoms with E-state index in [1.54, 1.807) is 0 Å². The van der Waals surface area contributed by atoms with Crippen molar-refractivity contribution in [1.29, 1.82) is 0 Å². The first-order chi connectivity index (χ1) is 20.3. The number of hydrogen-bond donors (Lipinski definition) is 0. The van der Waals surface area contributed by atoms with Crippen molar-refractivity contribution in [3.05, 3.63) is 139 Å². The normalized spacial score (nSPS) is 11.6. The van der Waals surface area contributed by atoms with Crippen LogP contribution in [0, 0.1) is 0 Å². The third kappa shape index (κ3) is 3.70. The molecule has 0 atom stereocenters. The highest BCUT2D eigenvalue weighted by atomic mass is 16.3. The second kappa shape index (κ2) is 9.35. The van der Waals surface area contributed by atoms with Crippen LogP contribution in [0.4, 0.5) is 0 Å². The largest absolute Gasteiger partial charge is 0.455 e. The molecule has 0 saturated heterocycles. The summed E-state index contributed by atoms with van der Waals surface area (Å²) in [5.41, 5.74) is 11.0. The third-order valence-corrected chi connectivity index (χ3v) is 8.07. The lowest BCUT2D eigenvalue weighted by molar-refractivity contribution is 0.670. The molecular formula is C38H26N2O. The van der Waals surface area contributed by atoms with Gasteiger partial charge in [-0.3, -0.25) is 4.99 Å². The lowest BCUT2D eigenvalue weighted by Crippen LogP contribution is -1.98. The Morgan fingerprint density at radius 3 is 2.20 bits per heavy atom. The molecule has 0 amide bonds. The van der Waals surface area contributed by atoms with E-state index in [2.05, 4.69) is 138 Å². The van der Waals surface area contributed by atoms with Crippen molar-refractivity contribution >= 4 is 50.5 Å². The van der Waals surface area contributed by atoms with E-state index in [4.69, 9.17) is 4.42 Å². The summed E-state index contributed by atoms with van der Waals surface area (Å²) in [5, 5.41) is 4.71. The Labute approximate surface area is 237 Å². The molecule has 0 unspecified atom stereocenters. The van der Waals surface area contributed by atoms with E-state index < -0.39 is 0 Å². The van der Waals surface area contributed by atoms with Gasteiger partial charge in [-0.25, -0.2) is 0 Å². The topological polar surface area (TPSA) is 30.4 Å². The average molecular weight is 527 g/mol. The lowest BCUT2D eigenvalue weighted by atomic mass is 9.99. The van der Waals surface area contributed by atoms with Gasteiger partial charge in [0.15, 0.2) is 0 Å². The molecule has 2 aromatic heterocycles. The highest BCUT2D eigenvalue weighted by Crippen LogP contribution is 2.40. The molecule has 41 heavy (non-hydrogen) atoms. The standard InChI is InChI=1S/C38H26N2O/c1-39-24-25-18-20-35(32(22-25)26-10-3-2-4-11-26)40-34-16-7-5-12-29(34)33-23-27(19-21-36(33)40)28-14-9-15-31-30-13-6-8-17-37(30)41-38(28)31/h2-23H,1,24H2. The van der Waals surface area contributed by atoms with Crippen molar-refractivity contribution < 1.29 is 4.42 Å². The number of aliphatic imine (C=N–C) groups is 1. The minimum Gasteiger partial charge on any atom is -0.455 e. The third-order valence-electron chi connectivity index (χ3n) is 8.07. The number of para-hydroxylation sites is 3. The first kappa shape index (κ1) is 23.5. The molecule has 0 radical (unpaired) electrons.